The first-order valence-corrected chi connectivity index (χ1v) is 19.2. The van der Waals surface area contributed by atoms with E-state index in [9.17, 15) is 4.79 Å². The molecular formula is C44H45Br2NO. The van der Waals surface area contributed by atoms with Gasteiger partial charge in [-0.1, -0.05) is 133 Å². The molecule has 1 aliphatic carbocycles. The predicted octanol–water partition coefficient (Wildman–Crippen LogP) is 14.4. The Balaban J connectivity index is 1.40. The summed E-state index contributed by atoms with van der Waals surface area (Å²) < 4.78 is 2.12. The lowest BCUT2D eigenvalue weighted by molar-refractivity contribution is 0.112. The summed E-state index contributed by atoms with van der Waals surface area (Å²) in [5.41, 5.74) is 11.9. The summed E-state index contributed by atoms with van der Waals surface area (Å²) in [6.07, 6.45) is 13.2. The van der Waals surface area contributed by atoms with Gasteiger partial charge in [-0.15, -0.1) is 0 Å². The second-order valence-corrected chi connectivity index (χ2v) is 15.1. The number of anilines is 3. The number of fused-ring (bicyclic) bond motifs is 3. The van der Waals surface area contributed by atoms with Gasteiger partial charge in [0.1, 0.15) is 6.29 Å². The molecule has 1 aliphatic rings. The van der Waals surface area contributed by atoms with Gasteiger partial charge < -0.3 is 4.90 Å². The van der Waals surface area contributed by atoms with E-state index in [0.717, 1.165) is 50.7 Å². The summed E-state index contributed by atoms with van der Waals surface area (Å²) in [4.78, 5) is 14.3. The minimum Gasteiger partial charge on any atom is -0.311 e. The molecule has 48 heavy (non-hydrogen) atoms. The summed E-state index contributed by atoms with van der Waals surface area (Å²) in [6, 6.07) is 39.5. The lowest BCUT2D eigenvalue weighted by Crippen LogP contribution is -2.26. The third-order valence-corrected chi connectivity index (χ3v) is 11.1. The van der Waals surface area contributed by atoms with Crippen LogP contribution in [0.4, 0.5) is 17.1 Å². The normalized spacial score (nSPS) is 12.8. The molecule has 2 nitrogen and oxygen atoms in total. The van der Waals surface area contributed by atoms with Crippen molar-refractivity contribution in [2.75, 3.05) is 4.90 Å². The van der Waals surface area contributed by atoms with Gasteiger partial charge in [0.05, 0.1) is 0 Å². The van der Waals surface area contributed by atoms with Crippen LogP contribution < -0.4 is 4.90 Å². The molecule has 0 saturated heterocycles. The van der Waals surface area contributed by atoms with Crippen molar-refractivity contribution in [2.45, 2.75) is 83.5 Å². The van der Waals surface area contributed by atoms with Gasteiger partial charge in [-0.2, -0.15) is 0 Å². The summed E-state index contributed by atoms with van der Waals surface area (Å²) in [7, 11) is 0. The zero-order chi connectivity index (χ0) is 33.5. The van der Waals surface area contributed by atoms with E-state index in [-0.39, 0.29) is 5.41 Å². The van der Waals surface area contributed by atoms with Gasteiger partial charge in [0.15, 0.2) is 0 Å². The van der Waals surface area contributed by atoms with E-state index in [0.29, 0.717) is 0 Å². The maximum Gasteiger partial charge on any atom is 0.150 e. The van der Waals surface area contributed by atoms with E-state index in [4.69, 9.17) is 0 Å². The summed E-state index contributed by atoms with van der Waals surface area (Å²) >= 11 is 7.20. The number of benzene rings is 5. The first-order chi connectivity index (χ1) is 23.5. The molecule has 0 fully saturated rings. The van der Waals surface area contributed by atoms with E-state index in [1.807, 2.05) is 6.07 Å². The number of halogens is 2. The summed E-state index contributed by atoms with van der Waals surface area (Å²) in [6.45, 7) is 4.57. The number of carbonyl (C=O) groups is 1. The minimum absolute atomic E-state index is 0.0684. The number of carbonyl (C=O) groups excluding carboxylic acids is 1. The molecular weight excluding hydrogens is 718 g/mol. The second kappa shape index (κ2) is 15.8. The smallest absolute Gasteiger partial charge is 0.150 e. The number of hydrogen-bond acceptors (Lipinski definition) is 2. The predicted molar refractivity (Wildman–Crippen MR) is 211 cm³/mol. The molecule has 0 N–H and O–H groups in total. The quantitative estimate of drug-likeness (QED) is 0.0782. The van der Waals surface area contributed by atoms with Crippen molar-refractivity contribution in [2.24, 2.45) is 0 Å². The molecule has 0 radical (unpaired) electrons. The molecule has 6 rings (SSSR count). The van der Waals surface area contributed by atoms with Crippen LogP contribution in [0.25, 0.3) is 22.3 Å². The van der Waals surface area contributed by atoms with E-state index in [1.165, 1.54) is 84.7 Å². The Bertz CT molecular complexity index is 1770. The lowest BCUT2D eigenvalue weighted by Gasteiger charge is -2.33. The fraction of sp³-hybridized carbons (Fsp3) is 0.295. The number of rotatable bonds is 15. The molecule has 0 spiro atoms. The highest BCUT2D eigenvalue weighted by molar-refractivity contribution is 9.10. The van der Waals surface area contributed by atoms with Crippen molar-refractivity contribution in [1.82, 2.24) is 0 Å². The molecule has 0 saturated carbocycles. The lowest BCUT2D eigenvalue weighted by atomic mass is 9.70. The highest BCUT2D eigenvalue weighted by Crippen LogP contribution is 2.55. The van der Waals surface area contributed by atoms with Crippen LogP contribution in [0.3, 0.4) is 0 Å². The molecule has 4 heteroatoms. The zero-order valence-electron chi connectivity index (χ0n) is 28.2. The average molecular weight is 764 g/mol. The average Bonchev–Trinajstić information content (AvgIpc) is 3.38. The van der Waals surface area contributed by atoms with Crippen molar-refractivity contribution in [3.05, 3.63) is 135 Å². The number of nitrogens with zero attached hydrogens (tertiary/aromatic N) is 1. The third kappa shape index (κ3) is 7.26. The number of hydrogen-bond donors (Lipinski definition) is 0. The van der Waals surface area contributed by atoms with Gasteiger partial charge in [0.2, 0.25) is 0 Å². The van der Waals surface area contributed by atoms with Gasteiger partial charge >= 0.3 is 0 Å². The molecule has 5 aromatic rings. The zero-order valence-corrected chi connectivity index (χ0v) is 31.3. The van der Waals surface area contributed by atoms with Crippen molar-refractivity contribution in [1.29, 1.82) is 0 Å². The largest absolute Gasteiger partial charge is 0.311 e. The molecule has 0 aromatic heterocycles. The molecule has 0 unspecified atom stereocenters. The van der Waals surface area contributed by atoms with Gasteiger partial charge in [-0.3, -0.25) is 4.79 Å². The van der Waals surface area contributed by atoms with Crippen LogP contribution in [0.2, 0.25) is 0 Å². The molecule has 0 bridgehead atoms. The first-order valence-electron chi connectivity index (χ1n) is 17.6. The van der Waals surface area contributed by atoms with Crippen molar-refractivity contribution in [3.63, 3.8) is 0 Å². The Morgan fingerprint density at radius 1 is 0.542 bits per heavy atom. The highest BCUT2D eigenvalue weighted by Gasteiger charge is 2.42. The van der Waals surface area contributed by atoms with Crippen LogP contribution in [-0.4, -0.2) is 6.29 Å². The third-order valence-electron chi connectivity index (χ3n) is 10.1. The first kappa shape index (κ1) is 34.4. The van der Waals surface area contributed by atoms with Crippen LogP contribution in [0.15, 0.2) is 118 Å². The SMILES string of the molecule is CCCCCCC1(CCCCCC)c2cc(C=O)ccc2-c2ccc(-c3ccc(N(c4ccc(Br)cc4)c4ccc(Br)cc4)cc3)cc21. The molecule has 0 amide bonds. The number of unbranched alkanes of at least 4 members (excludes halogenated alkanes) is 6. The van der Waals surface area contributed by atoms with Crippen LogP contribution >= 0.6 is 31.9 Å². The van der Waals surface area contributed by atoms with Gasteiger partial charge in [0.25, 0.3) is 0 Å². The van der Waals surface area contributed by atoms with Crippen LogP contribution in [0.1, 0.15) is 99.5 Å². The summed E-state index contributed by atoms with van der Waals surface area (Å²) in [5, 5.41) is 0. The van der Waals surface area contributed by atoms with Crippen LogP contribution in [-0.2, 0) is 5.41 Å². The molecule has 246 valence electrons. The number of aldehydes is 1. The second-order valence-electron chi connectivity index (χ2n) is 13.2. The Morgan fingerprint density at radius 2 is 1.00 bits per heavy atom. The fourth-order valence-corrected chi connectivity index (χ4v) is 8.10. The van der Waals surface area contributed by atoms with Gasteiger partial charge in [-0.25, -0.2) is 0 Å². The van der Waals surface area contributed by atoms with Crippen molar-refractivity contribution < 1.29 is 4.79 Å². The van der Waals surface area contributed by atoms with E-state index in [1.54, 1.807) is 0 Å². The molecule has 0 aliphatic heterocycles. The van der Waals surface area contributed by atoms with E-state index < -0.39 is 0 Å². The molecule has 0 heterocycles. The van der Waals surface area contributed by atoms with Crippen molar-refractivity contribution in [3.8, 4) is 22.3 Å². The van der Waals surface area contributed by atoms with Crippen LogP contribution in [0, 0.1) is 0 Å². The van der Waals surface area contributed by atoms with E-state index >= 15 is 0 Å². The molecule has 5 aromatic carbocycles. The summed E-state index contributed by atoms with van der Waals surface area (Å²) in [5.74, 6) is 0. The van der Waals surface area contributed by atoms with Gasteiger partial charge in [0, 0.05) is 37.0 Å². The highest BCUT2D eigenvalue weighted by atomic mass is 79.9. The van der Waals surface area contributed by atoms with Gasteiger partial charge in [-0.05, 0) is 119 Å². The Morgan fingerprint density at radius 3 is 1.50 bits per heavy atom. The fourth-order valence-electron chi connectivity index (χ4n) is 7.57. The Hall–Kier alpha value is -3.47. The van der Waals surface area contributed by atoms with Crippen molar-refractivity contribution >= 4 is 55.2 Å². The Kier molecular flexibility index (Phi) is 11.3. The molecule has 0 atom stereocenters. The van der Waals surface area contributed by atoms with E-state index in [2.05, 4.69) is 154 Å². The standard InChI is InChI=1S/C44H45Br2NO/c1-3-5-7-9-27-44(28-10-8-6-4-2)42-29-32(31-48)11-25-40(42)41-26-14-34(30-43(41)44)33-12-19-37(20-13-33)47(38-21-15-35(45)16-22-38)39-23-17-36(46)18-24-39/h11-26,29-31H,3-10,27-28H2,1-2H3. The minimum atomic E-state index is -0.0684. The Labute approximate surface area is 303 Å². The maximum absolute atomic E-state index is 12.0. The monoisotopic (exact) mass is 761 g/mol. The topological polar surface area (TPSA) is 20.3 Å². The van der Waals surface area contributed by atoms with Crippen LogP contribution in [0.5, 0.6) is 0 Å². The maximum atomic E-state index is 12.0.